The molecule has 32 heavy (non-hydrogen) atoms. The van der Waals surface area contributed by atoms with E-state index in [1.54, 1.807) is 0 Å². The zero-order valence-electron chi connectivity index (χ0n) is 19.7. The summed E-state index contributed by atoms with van der Waals surface area (Å²) in [6.07, 6.45) is 9.16. The van der Waals surface area contributed by atoms with Gasteiger partial charge in [-0.05, 0) is 68.7 Å². The topological polar surface area (TPSA) is 107 Å². The number of allylic oxidation sites excluding steroid dienone is 2. The highest BCUT2D eigenvalue weighted by molar-refractivity contribution is 6.03. The molecule has 3 rings (SSSR count). The number of aromatic nitrogens is 3. The zero-order valence-corrected chi connectivity index (χ0v) is 19.7. The summed E-state index contributed by atoms with van der Waals surface area (Å²) in [5.41, 5.74) is 9.35. The SMILES string of the molecule is CCC/C(=C\C(C)=NC(=O)OCC(C)C)c1cnc2ccc(NC3CCC(N)CC3)nn12. The first-order valence-corrected chi connectivity index (χ1v) is 11.7. The van der Waals surface area contributed by atoms with Crippen LogP contribution in [0.4, 0.5) is 10.6 Å². The lowest BCUT2D eigenvalue weighted by Gasteiger charge is -2.27. The lowest BCUT2D eigenvalue weighted by atomic mass is 9.92. The van der Waals surface area contributed by atoms with E-state index in [9.17, 15) is 4.79 Å². The fourth-order valence-electron chi connectivity index (χ4n) is 3.88. The highest BCUT2D eigenvalue weighted by atomic mass is 16.5. The molecule has 8 nitrogen and oxygen atoms in total. The molecule has 0 spiro atoms. The number of ether oxygens (including phenoxy) is 1. The van der Waals surface area contributed by atoms with Crippen LogP contribution in [-0.4, -0.2) is 45.1 Å². The minimum atomic E-state index is -0.557. The second kappa shape index (κ2) is 11.2. The van der Waals surface area contributed by atoms with E-state index in [1.165, 1.54) is 0 Å². The molecule has 1 aliphatic carbocycles. The fraction of sp³-hybridized carbons (Fsp3) is 0.583. The lowest BCUT2D eigenvalue weighted by Crippen LogP contribution is -2.33. The number of anilines is 1. The van der Waals surface area contributed by atoms with Crippen molar-refractivity contribution < 1.29 is 9.53 Å². The maximum Gasteiger partial charge on any atom is 0.433 e. The monoisotopic (exact) mass is 440 g/mol. The summed E-state index contributed by atoms with van der Waals surface area (Å²) in [7, 11) is 0. The molecule has 1 saturated carbocycles. The molecule has 2 aromatic heterocycles. The minimum Gasteiger partial charge on any atom is -0.448 e. The Hall–Kier alpha value is -2.74. The predicted octanol–water partition coefficient (Wildman–Crippen LogP) is 4.85. The van der Waals surface area contributed by atoms with Gasteiger partial charge in [0.15, 0.2) is 5.65 Å². The van der Waals surface area contributed by atoms with Crippen molar-refractivity contribution >= 4 is 28.8 Å². The molecule has 0 radical (unpaired) electrons. The first-order chi connectivity index (χ1) is 15.4. The lowest BCUT2D eigenvalue weighted by molar-refractivity contribution is 0.143. The summed E-state index contributed by atoms with van der Waals surface area (Å²) in [6, 6.07) is 4.66. The normalized spacial score (nSPS) is 20.1. The number of rotatable bonds is 8. The van der Waals surface area contributed by atoms with E-state index in [-0.39, 0.29) is 5.92 Å². The van der Waals surface area contributed by atoms with Gasteiger partial charge in [-0.2, -0.15) is 4.99 Å². The molecule has 0 atom stereocenters. The number of aliphatic imine (C=N–C) groups is 1. The second-order valence-corrected chi connectivity index (χ2v) is 9.03. The van der Waals surface area contributed by atoms with Gasteiger partial charge in [0.2, 0.25) is 0 Å². The van der Waals surface area contributed by atoms with Gasteiger partial charge in [0, 0.05) is 17.8 Å². The van der Waals surface area contributed by atoms with Crippen molar-refractivity contribution in [3.8, 4) is 0 Å². The van der Waals surface area contributed by atoms with Crippen molar-refractivity contribution in [1.29, 1.82) is 0 Å². The summed E-state index contributed by atoms with van der Waals surface area (Å²) in [4.78, 5) is 20.6. The Morgan fingerprint density at radius 2 is 2.09 bits per heavy atom. The van der Waals surface area contributed by atoms with Crippen LogP contribution in [0.25, 0.3) is 11.2 Å². The van der Waals surface area contributed by atoms with Crippen LogP contribution in [0.3, 0.4) is 0 Å². The highest BCUT2D eigenvalue weighted by Gasteiger charge is 2.19. The van der Waals surface area contributed by atoms with Gasteiger partial charge in [0.05, 0.1) is 18.5 Å². The summed E-state index contributed by atoms with van der Waals surface area (Å²) in [5, 5.41) is 8.36. The van der Waals surface area contributed by atoms with Gasteiger partial charge in [-0.3, -0.25) is 0 Å². The molecule has 0 bridgehead atoms. The van der Waals surface area contributed by atoms with E-state index in [0.29, 0.717) is 24.4 Å². The number of nitrogens with two attached hydrogens (primary N) is 1. The standard InChI is InChI=1S/C24H36N6O2/c1-5-6-18(13-17(4)27-24(31)32-15-16(2)3)21-14-26-23-12-11-22(29-30(21)23)28-20-9-7-19(25)8-10-20/h11-14,16,19-20H,5-10,15,25H2,1-4H3,(H,28,29)/b18-13+,27-17?. The number of fused-ring (bicyclic) bond motifs is 1. The Morgan fingerprint density at radius 1 is 1.34 bits per heavy atom. The number of nitrogens with one attached hydrogen (secondary N) is 1. The molecule has 3 N–H and O–H groups in total. The number of imidazole rings is 1. The van der Waals surface area contributed by atoms with Crippen molar-refractivity contribution in [3.63, 3.8) is 0 Å². The molecule has 0 unspecified atom stereocenters. The van der Waals surface area contributed by atoms with Gasteiger partial charge < -0.3 is 15.8 Å². The molecule has 174 valence electrons. The van der Waals surface area contributed by atoms with Gasteiger partial charge in [0.1, 0.15) is 5.82 Å². The third kappa shape index (κ3) is 6.63. The van der Waals surface area contributed by atoms with Crippen LogP contribution in [0.1, 0.15) is 71.9 Å². The van der Waals surface area contributed by atoms with Crippen LogP contribution in [-0.2, 0) is 4.74 Å². The Balaban J connectivity index is 1.82. The summed E-state index contributed by atoms with van der Waals surface area (Å²) >= 11 is 0. The first kappa shape index (κ1) is 23.9. The van der Waals surface area contributed by atoms with E-state index in [4.69, 9.17) is 15.6 Å². The van der Waals surface area contributed by atoms with E-state index in [0.717, 1.165) is 61.3 Å². The molecule has 8 heteroatoms. The maximum absolute atomic E-state index is 12.0. The number of amides is 1. The Morgan fingerprint density at radius 3 is 2.78 bits per heavy atom. The van der Waals surface area contributed by atoms with Crippen LogP contribution in [0.2, 0.25) is 0 Å². The van der Waals surface area contributed by atoms with E-state index in [1.807, 2.05) is 49.7 Å². The number of carbonyl (C=O) groups excluding carboxylic acids is 1. The van der Waals surface area contributed by atoms with Gasteiger partial charge >= 0.3 is 6.09 Å². The number of hydrogen-bond acceptors (Lipinski definition) is 6. The van der Waals surface area contributed by atoms with Crippen molar-refractivity contribution in [3.05, 3.63) is 30.1 Å². The average molecular weight is 441 g/mol. The minimum absolute atomic E-state index is 0.276. The zero-order chi connectivity index (χ0) is 23.1. The van der Waals surface area contributed by atoms with Crippen LogP contribution < -0.4 is 11.1 Å². The third-order valence-corrected chi connectivity index (χ3v) is 5.53. The van der Waals surface area contributed by atoms with E-state index < -0.39 is 6.09 Å². The fourth-order valence-corrected chi connectivity index (χ4v) is 3.88. The Bertz CT molecular complexity index is 970. The summed E-state index contributed by atoms with van der Waals surface area (Å²) < 4.78 is 7.03. The average Bonchev–Trinajstić information content (AvgIpc) is 3.17. The van der Waals surface area contributed by atoms with E-state index >= 15 is 0 Å². The molecule has 1 fully saturated rings. The van der Waals surface area contributed by atoms with Crippen LogP contribution >= 0.6 is 0 Å². The Kier molecular flexibility index (Phi) is 8.39. The molecule has 2 heterocycles. The molecule has 0 aromatic carbocycles. The van der Waals surface area contributed by atoms with Gasteiger partial charge in [-0.25, -0.2) is 14.3 Å². The predicted molar refractivity (Wildman–Crippen MR) is 129 cm³/mol. The molecule has 0 aliphatic heterocycles. The molecule has 1 amide bonds. The third-order valence-electron chi connectivity index (χ3n) is 5.53. The summed E-state index contributed by atoms with van der Waals surface area (Å²) in [6.45, 7) is 8.28. The van der Waals surface area contributed by atoms with Crippen molar-refractivity contribution in [2.24, 2.45) is 16.6 Å². The number of carbonyl (C=O) groups is 1. The second-order valence-electron chi connectivity index (χ2n) is 9.03. The van der Waals surface area contributed by atoms with Crippen molar-refractivity contribution in [2.45, 2.75) is 78.3 Å². The Labute approximate surface area is 190 Å². The molecule has 1 aliphatic rings. The molecule has 2 aromatic rings. The largest absolute Gasteiger partial charge is 0.448 e. The quantitative estimate of drug-likeness (QED) is 0.568. The summed E-state index contributed by atoms with van der Waals surface area (Å²) in [5.74, 6) is 1.11. The smallest absolute Gasteiger partial charge is 0.433 e. The van der Waals surface area contributed by atoms with Crippen LogP contribution in [0.5, 0.6) is 0 Å². The molecular formula is C24H36N6O2. The highest BCUT2D eigenvalue weighted by Crippen LogP contribution is 2.24. The number of nitrogens with zero attached hydrogens (tertiary/aromatic N) is 4. The van der Waals surface area contributed by atoms with Crippen molar-refractivity contribution in [2.75, 3.05) is 11.9 Å². The molecule has 0 saturated heterocycles. The van der Waals surface area contributed by atoms with Gasteiger partial charge in [-0.1, -0.05) is 27.2 Å². The van der Waals surface area contributed by atoms with Crippen LogP contribution in [0.15, 0.2) is 29.4 Å². The number of hydrogen-bond donors (Lipinski definition) is 2. The maximum atomic E-state index is 12.0. The van der Waals surface area contributed by atoms with Crippen molar-refractivity contribution in [1.82, 2.24) is 14.6 Å². The first-order valence-electron chi connectivity index (χ1n) is 11.7. The van der Waals surface area contributed by atoms with Gasteiger partial charge in [-0.15, -0.1) is 5.10 Å². The van der Waals surface area contributed by atoms with E-state index in [2.05, 4.69) is 22.2 Å². The molecular weight excluding hydrogens is 404 g/mol. The van der Waals surface area contributed by atoms with Crippen LogP contribution in [0, 0.1) is 5.92 Å². The van der Waals surface area contributed by atoms with Gasteiger partial charge in [0.25, 0.3) is 0 Å².